The third kappa shape index (κ3) is 9.08. The van der Waals surface area contributed by atoms with E-state index in [2.05, 4.69) is 32.1 Å². The second kappa shape index (κ2) is 15.0. The Bertz CT molecular complexity index is 1690. The Hall–Kier alpha value is -4.47. The number of carbonyl (C=O) groups excluding carboxylic acids is 1. The molecule has 47 heavy (non-hydrogen) atoms. The average molecular weight is 702 g/mol. The van der Waals surface area contributed by atoms with Crippen LogP contribution in [0.1, 0.15) is 20.8 Å². The van der Waals surface area contributed by atoms with Crippen molar-refractivity contribution >= 4 is 33.2 Å². The Morgan fingerprint density at radius 3 is 1.87 bits per heavy atom. The quantitative estimate of drug-likeness (QED) is 0.258. The molecule has 2 aromatic carbocycles. The molecule has 2 aliphatic heterocycles. The van der Waals surface area contributed by atoms with Gasteiger partial charge in [-0.15, -0.1) is 0 Å². The van der Waals surface area contributed by atoms with Crippen LogP contribution in [-0.4, -0.2) is 96.0 Å². The normalized spacial score (nSPS) is 14.6. The zero-order valence-electron chi connectivity index (χ0n) is 27.2. The fraction of sp³-hybridized carbons (Fsp3) is 0.343. The van der Waals surface area contributed by atoms with E-state index in [9.17, 15) is 4.79 Å². The number of rotatable bonds is 8. The van der Waals surface area contributed by atoms with Crippen LogP contribution in [0.25, 0.3) is 22.5 Å². The first kappa shape index (κ1) is 33.9. The molecule has 11 nitrogen and oxygen atoms in total. The van der Waals surface area contributed by atoms with Gasteiger partial charge in [0.25, 0.3) is 0 Å². The molecule has 1 amide bonds. The molecule has 2 radical (unpaired) electrons. The number of anilines is 1. The van der Waals surface area contributed by atoms with Crippen LogP contribution < -0.4 is 34.5 Å². The molecule has 0 saturated carbocycles. The number of pyridine rings is 2. The van der Waals surface area contributed by atoms with Gasteiger partial charge < -0.3 is 24.8 Å². The number of hydrogen-bond donors (Lipinski definition) is 2. The van der Waals surface area contributed by atoms with Gasteiger partial charge in [-0.3, -0.25) is 0 Å². The van der Waals surface area contributed by atoms with E-state index in [1.165, 1.54) is 0 Å². The Kier molecular flexibility index (Phi) is 10.8. The molecule has 0 unspecified atom stereocenters. The van der Waals surface area contributed by atoms with Crippen LogP contribution in [0.2, 0.25) is 0 Å². The van der Waals surface area contributed by atoms with Gasteiger partial charge >= 0.3 is 133 Å². The summed E-state index contributed by atoms with van der Waals surface area (Å²) in [6.45, 7) is 8.35. The van der Waals surface area contributed by atoms with Gasteiger partial charge in [-0.1, -0.05) is 6.07 Å². The van der Waals surface area contributed by atoms with E-state index in [-0.39, 0.29) is 18.3 Å². The number of likely N-dealkylation sites (tertiary alicyclic amines) is 1. The molecule has 0 aliphatic carbocycles. The van der Waals surface area contributed by atoms with Crippen LogP contribution in [0.15, 0.2) is 72.8 Å². The number of aromatic nitrogens is 2. The van der Waals surface area contributed by atoms with Crippen LogP contribution >= 0.6 is 0 Å². The fourth-order valence-electron chi connectivity index (χ4n) is 4.81. The Morgan fingerprint density at radius 2 is 1.38 bits per heavy atom. The number of ether oxygens (including phenoxy) is 5. The molecule has 246 valence electrons. The summed E-state index contributed by atoms with van der Waals surface area (Å²) < 4.78 is 29.0. The Labute approximate surface area is 284 Å². The van der Waals surface area contributed by atoms with E-state index < -0.39 is 5.60 Å². The molecule has 2 aliphatic rings. The molecular formula is C35H40AsN5O6. The van der Waals surface area contributed by atoms with E-state index in [1.54, 1.807) is 25.2 Å². The first-order valence-corrected chi connectivity index (χ1v) is 16.2. The summed E-state index contributed by atoms with van der Waals surface area (Å²) >= 11 is 2.45. The standard InChI is InChI=1S/C20H25N3O4.C15H15AsN2O2/c1-20(2,3)27-19(24)23-11-14(12-23)26-13-8-9-15(17(10-13)25-4)16-6-5-7-18(21)22-16;1-19-14-7-10(20-11-8-17-9-11)5-6-12(14)13-3-2-4-15(16)18-13/h5-10,14H,11-12H2,1-4H3,(H2,21,22);2-7,11,17H,8-9H2,1H3. The average Bonchev–Trinajstić information content (AvgIpc) is 2.99. The number of nitrogens with one attached hydrogen (secondary N) is 1. The van der Waals surface area contributed by atoms with Crippen molar-refractivity contribution in [1.29, 1.82) is 0 Å². The molecule has 2 aromatic heterocycles. The Morgan fingerprint density at radius 1 is 0.830 bits per heavy atom. The second-order valence-electron chi connectivity index (χ2n) is 12.1. The van der Waals surface area contributed by atoms with Crippen LogP contribution in [-0.2, 0) is 4.74 Å². The van der Waals surface area contributed by atoms with E-state index in [0.29, 0.717) is 30.4 Å². The summed E-state index contributed by atoms with van der Waals surface area (Å²) in [5.74, 6) is 3.38. The van der Waals surface area contributed by atoms with Crippen LogP contribution in [0.3, 0.4) is 0 Å². The summed E-state index contributed by atoms with van der Waals surface area (Å²) in [6.07, 6.45) is -0.124. The molecule has 4 heterocycles. The van der Waals surface area contributed by atoms with E-state index in [1.807, 2.05) is 87.5 Å². The van der Waals surface area contributed by atoms with Crippen molar-refractivity contribution in [3.05, 3.63) is 72.8 Å². The topological polar surface area (TPSA) is 130 Å². The minimum atomic E-state index is -0.499. The summed E-state index contributed by atoms with van der Waals surface area (Å²) in [5.41, 5.74) is 8.71. The SMILES string of the molecule is COc1cc(OC2CN(C(=O)OC(C)(C)C)C2)ccc1-c1cccc(N)n1.COc1cc(OC2CNC2)ccc1-c1cccc([As])n1. The van der Waals surface area contributed by atoms with Gasteiger partial charge in [-0.25, -0.2) is 9.78 Å². The fourth-order valence-corrected chi connectivity index (χ4v) is 5.21. The minimum absolute atomic E-state index is 0.0708. The van der Waals surface area contributed by atoms with Gasteiger partial charge in [0, 0.05) is 11.6 Å². The molecule has 6 rings (SSSR count). The van der Waals surface area contributed by atoms with Crippen LogP contribution in [0.5, 0.6) is 23.0 Å². The predicted octanol–water partition coefficient (Wildman–Crippen LogP) is 4.24. The molecule has 12 heteroatoms. The van der Waals surface area contributed by atoms with Crippen molar-refractivity contribution in [2.75, 3.05) is 46.1 Å². The number of nitrogens with zero attached hydrogens (tertiary/aromatic N) is 3. The van der Waals surface area contributed by atoms with Gasteiger partial charge in [0.1, 0.15) is 29.0 Å². The Balaban J connectivity index is 0.000000193. The number of nitrogen functional groups attached to an aromatic ring is 1. The summed E-state index contributed by atoms with van der Waals surface area (Å²) in [5, 5.41) is 3.19. The molecule has 0 bridgehead atoms. The number of benzene rings is 2. The molecular weight excluding hydrogens is 661 g/mol. The first-order chi connectivity index (χ1) is 22.5. The van der Waals surface area contributed by atoms with Crippen molar-refractivity contribution < 1.29 is 28.5 Å². The predicted molar refractivity (Wildman–Crippen MR) is 182 cm³/mol. The molecule has 2 fully saturated rings. The van der Waals surface area contributed by atoms with Crippen LogP contribution in [0, 0.1) is 0 Å². The number of hydrogen-bond acceptors (Lipinski definition) is 10. The second-order valence-corrected chi connectivity index (χ2v) is 13.0. The van der Waals surface area contributed by atoms with Gasteiger partial charge in [-0.2, -0.15) is 0 Å². The number of carbonyl (C=O) groups is 1. The molecule has 0 spiro atoms. The van der Waals surface area contributed by atoms with Crippen molar-refractivity contribution in [2.45, 2.75) is 38.6 Å². The van der Waals surface area contributed by atoms with Gasteiger partial charge in [0.05, 0.1) is 25.9 Å². The third-order valence-corrected chi connectivity index (χ3v) is 7.77. The van der Waals surface area contributed by atoms with Crippen molar-refractivity contribution in [3.63, 3.8) is 0 Å². The van der Waals surface area contributed by atoms with Gasteiger partial charge in [0.2, 0.25) is 0 Å². The summed E-state index contributed by atoms with van der Waals surface area (Å²) in [4.78, 5) is 22.4. The van der Waals surface area contributed by atoms with E-state index >= 15 is 0 Å². The monoisotopic (exact) mass is 701 g/mol. The number of methoxy groups -OCH3 is 2. The van der Waals surface area contributed by atoms with Crippen molar-refractivity contribution in [2.24, 2.45) is 0 Å². The van der Waals surface area contributed by atoms with Gasteiger partial charge in [0.15, 0.2) is 0 Å². The number of nitrogens with two attached hydrogens (primary N) is 1. The molecule has 2 saturated heterocycles. The van der Waals surface area contributed by atoms with Crippen LogP contribution in [0.4, 0.5) is 10.6 Å². The summed E-state index contributed by atoms with van der Waals surface area (Å²) in [6, 6.07) is 22.8. The van der Waals surface area contributed by atoms with Crippen molar-refractivity contribution in [3.8, 4) is 45.5 Å². The maximum absolute atomic E-state index is 12.0. The zero-order valence-corrected chi connectivity index (χ0v) is 29.1. The molecule has 4 aromatic rings. The molecule has 3 N–H and O–H groups in total. The van der Waals surface area contributed by atoms with Crippen molar-refractivity contribution in [1.82, 2.24) is 20.2 Å². The van der Waals surface area contributed by atoms with Gasteiger partial charge in [-0.05, 0) is 45.0 Å². The maximum atomic E-state index is 12.0. The third-order valence-electron chi connectivity index (χ3n) is 7.25. The van der Waals surface area contributed by atoms with E-state index in [4.69, 9.17) is 29.4 Å². The molecule has 0 atom stereocenters. The summed E-state index contributed by atoms with van der Waals surface area (Å²) in [7, 11) is 3.27. The van der Waals surface area contributed by atoms with E-state index in [0.717, 1.165) is 51.6 Å². The number of amides is 1. The first-order valence-electron chi connectivity index (χ1n) is 15.3. The zero-order chi connectivity index (χ0) is 33.6.